The summed E-state index contributed by atoms with van der Waals surface area (Å²) in [4.78, 5) is 12.1. The van der Waals surface area contributed by atoms with Crippen molar-refractivity contribution in [2.45, 2.75) is 18.4 Å². The van der Waals surface area contributed by atoms with Gasteiger partial charge < -0.3 is 15.8 Å². The maximum atomic E-state index is 12.1. The van der Waals surface area contributed by atoms with Gasteiger partial charge in [-0.1, -0.05) is 11.6 Å². The highest BCUT2D eigenvalue weighted by molar-refractivity contribution is 9.10. The molecule has 6 heteroatoms. The van der Waals surface area contributed by atoms with Gasteiger partial charge in [0.1, 0.15) is 5.54 Å². The molecule has 0 radical (unpaired) electrons. The van der Waals surface area contributed by atoms with Gasteiger partial charge in [0, 0.05) is 23.4 Å². The minimum absolute atomic E-state index is 0.191. The third kappa shape index (κ3) is 3.03. The Bertz CT molecular complexity index is 461. The second-order valence-corrected chi connectivity index (χ2v) is 5.61. The molecule has 2 rings (SSSR count). The Hall–Kier alpha value is -0.620. The van der Waals surface area contributed by atoms with Crippen molar-refractivity contribution >= 4 is 39.1 Å². The van der Waals surface area contributed by atoms with Crippen LogP contribution in [0, 0.1) is 0 Å². The third-order valence-electron chi connectivity index (χ3n) is 3.01. The summed E-state index contributed by atoms with van der Waals surface area (Å²) in [5, 5.41) is 3.34. The van der Waals surface area contributed by atoms with Crippen LogP contribution in [0.1, 0.15) is 12.8 Å². The Labute approximate surface area is 119 Å². The molecule has 0 saturated carbocycles. The van der Waals surface area contributed by atoms with Crippen molar-refractivity contribution in [2.75, 3.05) is 18.5 Å². The third-order valence-corrected chi connectivity index (χ3v) is 4.25. The van der Waals surface area contributed by atoms with Crippen LogP contribution in [0.2, 0.25) is 5.02 Å². The van der Waals surface area contributed by atoms with Gasteiger partial charge >= 0.3 is 0 Å². The van der Waals surface area contributed by atoms with Crippen LogP contribution in [0.5, 0.6) is 0 Å². The highest BCUT2D eigenvalue weighted by Gasteiger charge is 2.35. The number of carbonyl (C=O) groups is 1. The van der Waals surface area contributed by atoms with Gasteiger partial charge in [0.2, 0.25) is 5.91 Å². The Kier molecular flexibility index (Phi) is 4.27. The SMILES string of the molecule is NC1(C(=O)Nc2ccc(Br)c(Cl)c2)CCOCC1. The van der Waals surface area contributed by atoms with Crippen LogP contribution in [-0.4, -0.2) is 24.7 Å². The average Bonchev–Trinajstić information content (AvgIpc) is 2.35. The molecule has 0 bridgehead atoms. The molecule has 1 aromatic rings. The molecule has 1 amide bonds. The van der Waals surface area contributed by atoms with Crippen molar-refractivity contribution in [1.82, 2.24) is 0 Å². The summed E-state index contributed by atoms with van der Waals surface area (Å²) in [6.07, 6.45) is 1.06. The number of hydrogen-bond donors (Lipinski definition) is 2. The number of hydrogen-bond acceptors (Lipinski definition) is 3. The number of nitrogens with one attached hydrogen (secondary N) is 1. The lowest BCUT2D eigenvalue weighted by atomic mass is 9.90. The molecule has 0 atom stereocenters. The molecule has 1 aromatic carbocycles. The van der Waals surface area contributed by atoms with Gasteiger partial charge in [0.25, 0.3) is 0 Å². The van der Waals surface area contributed by atoms with E-state index in [1.807, 2.05) is 0 Å². The predicted molar refractivity (Wildman–Crippen MR) is 74.8 cm³/mol. The summed E-state index contributed by atoms with van der Waals surface area (Å²) in [6, 6.07) is 5.24. The van der Waals surface area contributed by atoms with Crippen molar-refractivity contribution in [3.05, 3.63) is 27.7 Å². The first-order chi connectivity index (χ1) is 8.51. The zero-order valence-corrected chi connectivity index (χ0v) is 12.1. The van der Waals surface area contributed by atoms with Gasteiger partial charge in [-0.3, -0.25) is 4.79 Å². The Morgan fingerprint density at radius 2 is 2.11 bits per heavy atom. The van der Waals surface area contributed by atoms with Crippen molar-refractivity contribution in [3.63, 3.8) is 0 Å². The topological polar surface area (TPSA) is 64.4 Å². The average molecular weight is 334 g/mol. The van der Waals surface area contributed by atoms with Crippen LogP contribution in [0.3, 0.4) is 0 Å². The van der Waals surface area contributed by atoms with E-state index in [9.17, 15) is 4.79 Å². The highest BCUT2D eigenvalue weighted by atomic mass is 79.9. The standard InChI is InChI=1S/C12H14BrClN2O2/c13-9-2-1-8(7-10(9)14)16-11(17)12(15)3-5-18-6-4-12/h1-2,7H,3-6,15H2,(H,16,17). The summed E-state index contributed by atoms with van der Waals surface area (Å²) < 4.78 is 6.00. The molecule has 1 aliphatic heterocycles. The zero-order valence-electron chi connectivity index (χ0n) is 9.71. The monoisotopic (exact) mass is 332 g/mol. The van der Waals surface area contributed by atoms with E-state index in [1.165, 1.54) is 0 Å². The molecule has 1 aliphatic rings. The lowest BCUT2D eigenvalue weighted by Crippen LogP contribution is -2.54. The van der Waals surface area contributed by atoms with Crippen LogP contribution in [-0.2, 0) is 9.53 Å². The van der Waals surface area contributed by atoms with Crippen LogP contribution in [0.15, 0.2) is 22.7 Å². The number of amides is 1. The number of rotatable bonds is 2. The van der Waals surface area contributed by atoms with Crippen LogP contribution in [0.25, 0.3) is 0 Å². The number of nitrogens with two attached hydrogens (primary N) is 1. The zero-order chi connectivity index (χ0) is 13.2. The second-order valence-electron chi connectivity index (χ2n) is 4.35. The first kappa shape index (κ1) is 13.8. The molecule has 1 heterocycles. The lowest BCUT2D eigenvalue weighted by Gasteiger charge is -2.31. The Morgan fingerprint density at radius 3 is 2.72 bits per heavy atom. The fourth-order valence-corrected chi connectivity index (χ4v) is 2.22. The molecule has 3 N–H and O–H groups in total. The summed E-state index contributed by atoms with van der Waals surface area (Å²) in [7, 11) is 0. The fraction of sp³-hybridized carbons (Fsp3) is 0.417. The molecular weight excluding hydrogens is 320 g/mol. The van der Waals surface area contributed by atoms with Crippen molar-refractivity contribution in [2.24, 2.45) is 5.73 Å². The van der Waals surface area contributed by atoms with Crippen molar-refractivity contribution in [1.29, 1.82) is 0 Å². The van der Waals surface area contributed by atoms with E-state index in [0.29, 0.717) is 36.8 Å². The molecular formula is C12H14BrClN2O2. The van der Waals surface area contributed by atoms with Crippen LogP contribution in [0.4, 0.5) is 5.69 Å². The minimum atomic E-state index is -0.849. The maximum Gasteiger partial charge on any atom is 0.244 e. The molecule has 0 aromatic heterocycles. The molecule has 0 aliphatic carbocycles. The molecule has 98 valence electrons. The number of halogens is 2. The van der Waals surface area contributed by atoms with Crippen molar-refractivity contribution in [3.8, 4) is 0 Å². The normalized spacial score (nSPS) is 18.4. The summed E-state index contributed by atoms with van der Waals surface area (Å²) in [5.41, 5.74) is 5.88. The van der Waals surface area contributed by atoms with E-state index in [4.69, 9.17) is 22.1 Å². The molecule has 0 spiro atoms. The number of ether oxygens (including phenoxy) is 1. The van der Waals surface area contributed by atoms with Gasteiger partial charge in [-0.15, -0.1) is 0 Å². The number of carbonyl (C=O) groups excluding carboxylic acids is 1. The van der Waals surface area contributed by atoms with Crippen molar-refractivity contribution < 1.29 is 9.53 Å². The second kappa shape index (κ2) is 5.57. The highest BCUT2D eigenvalue weighted by Crippen LogP contribution is 2.26. The van der Waals surface area contributed by atoms with E-state index in [0.717, 1.165) is 4.47 Å². The first-order valence-corrected chi connectivity index (χ1v) is 6.81. The number of benzene rings is 1. The predicted octanol–water partition coefficient (Wildman–Crippen LogP) is 2.55. The van der Waals surface area contributed by atoms with Crippen LogP contribution < -0.4 is 11.1 Å². The fourth-order valence-electron chi connectivity index (χ4n) is 1.79. The smallest absolute Gasteiger partial charge is 0.244 e. The first-order valence-electron chi connectivity index (χ1n) is 5.64. The quantitative estimate of drug-likeness (QED) is 0.874. The van der Waals surface area contributed by atoms with E-state index in [-0.39, 0.29) is 5.91 Å². The largest absolute Gasteiger partial charge is 0.381 e. The van der Waals surface area contributed by atoms with E-state index in [2.05, 4.69) is 21.2 Å². The summed E-state index contributed by atoms with van der Waals surface area (Å²) in [5.74, 6) is -0.191. The lowest BCUT2D eigenvalue weighted by molar-refractivity contribution is -0.124. The summed E-state index contributed by atoms with van der Waals surface area (Å²) in [6.45, 7) is 1.04. The maximum absolute atomic E-state index is 12.1. The van der Waals surface area contributed by atoms with Gasteiger partial charge in [-0.05, 0) is 47.0 Å². The molecule has 1 fully saturated rings. The van der Waals surface area contributed by atoms with Gasteiger partial charge in [0.05, 0.1) is 5.02 Å². The Balaban J connectivity index is 2.08. The van der Waals surface area contributed by atoms with Gasteiger partial charge in [-0.25, -0.2) is 0 Å². The van der Waals surface area contributed by atoms with Crippen LogP contribution >= 0.6 is 27.5 Å². The van der Waals surface area contributed by atoms with E-state index in [1.54, 1.807) is 18.2 Å². The molecule has 4 nitrogen and oxygen atoms in total. The minimum Gasteiger partial charge on any atom is -0.381 e. The molecule has 18 heavy (non-hydrogen) atoms. The molecule has 1 saturated heterocycles. The number of anilines is 1. The van der Waals surface area contributed by atoms with E-state index < -0.39 is 5.54 Å². The molecule has 0 unspecified atom stereocenters. The summed E-state index contributed by atoms with van der Waals surface area (Å²) >= 11 is 9.27. The van der Waals surface area contributed by atoms with Gasteiger partial charge in [-0.2, -0.15) is 0 Å². The Morgan fingerprint density at radius 1 is 1.44 bits per heavy atom. The van der Waals surface area contributed by atoms with Gasteiger partial charge in [0.15, 0.2) is 0 Å². The van der Waals surface area contributed by atoms with E-state index >= 15 is 0 Å².